The average Bonchev–Trinajstić information content (AvgIpc) is 2.64. The summed E-state index contributed by atoms with van der Waals surface area (Å²) in [5.41, 5.74) is 10.0. The number of amides is 1. The Morgan fingerprint density at radius 3 is 2.50 bits per heavy atom. The fraction of sp³-hybridized carbons (Fsp3) is 0.381. The maximum absolute atomic E-state index is 12.4. The van der Waals surface area contributed by atoms with Crippen LogP contribution < -0.4 is 11.1 Å². The van der Waals surface area contributed by atoms with Gasteiger partial charge in [0.1, 0.15) is 0 Å². The van der Waals surface area contributed by atoms with Crippen molar-refractivity contribution in [1.82, 2.24) is 9.80 Å². The first-order valence-electron chi connectivity index (χ1n) is 9.31. The predicted molar refractivity (Wildman–Crippen MR) is 107 cm³/mol. The Hall–Kier alpha value is -2.37. The number of aryl methyl sites for hydroxylation is 1. The van der Waals surface area contributed by atoms with Crippen molar-refractivity contribution in [3.8, 4) is 0 Å². The Kier molecular flexibility index (Phi) is 6.26. The molecule has 138 valence electrons. The fourth-order valence-electron chi connectivity index (χ4n) is 3.40. The summed E-state index contributed by atoms with van der Waals surface area (Å²) in [4.78, 5) is 17.0. The second-order valence-electron chi connectivity index (χ2n) is 6.86. The molecule has 3 rings (SSSR count). The first-order valence-corrected chi connectivity index (χ1v) is 9.31. The standard InChI is InChI=1S/C21H28N4O/c1-2-18-7-3-4-9-20(18)23-21(26)16-25-12-10-24(11-13-25)15-17-6-5-8-19(22)14-17/h3-9,14H,2,10-13,15-16,22H2,1H3,(H,23,26). The average molecular weight is 352 g/mol. The number of hydrogen-bond acceptors (Lipinski definition) is 4. The van der Waals surface area contributed by atoms with E-state index >= 15 is 0 Å². The molecule has 2 aromatic rings. The van der Waals surface area contributed by atoms with E-state index in [0.717, 1.165) is 50.5 Å². The Balaban J connectivity index is 1.45. The lowest BCUT2D eigenvalue weighted by Gasteiger charge is -2.34. The molecule has 0 bridgehead atoms. The number of carbonyl (C=O) groups excluding carboxylic acids is 1. The molecule has 3 N–H and O–H groups in total. The van der Waals surface area contributed by atoms with Crippen LogP contribution in [0.25, 0.3) is 0 Å². The van der Waals surface area contributed by atoms with E-state index in [4.69, 9.17) is 5.73 Å². The quantitative estimate of drug-likeness (QED) is 0.785. The van der Waals surface area contributed by atoms with E-state index in [-0.39, 0.29) is 5.91 Å². The number of para-hydroxylation sites is 1. The van der Waals surface area contributed by atoms with Crippen molar-refractivity contribution in [2.75, 3.05) is 43.8 Å². The predicted octanol–water partition coefficient (Wildman–Crippen LogP) is 2.59. The van der Waals surface area contributed by atoms with Crippen LogP contribution in [0.2, 0.25) is 0 Å². The minimum Gasteiger partial charge on any atom is -0.399 e. The molecule has 1 aliphatic rings. The number of hydrogen-bond donors (Lipinski definition) is 2. The third-order valence-electron chi connectivity index (χ3n) is 4.86. The van der Waals surface area contributed by atoms with E-state index in [1.165, 1.54) is 11.1 Å². The maximum Gasteiger partial charge on any atom is 0.238 e. The van der Waals surface area contributed by atoms with Gasteiger partial charge >= 0.3 is 0 Å². The number of nitrogen functional groups attached to an aromatic ring is 1. The zero-order valence-electron chi connectivity index (χ0n) is 15.4. The summed E-state index contributed by atoms with van der Waals surface area (Å²) in [6.07, 6.45) is 0.916. The van der Waals surface area contributed by atoms with Gasteiger partial charge in [-0.15, -0.1) is 0 Å². The van der Waals surface area contributed by atoms with Crippen LogP contribution in [0.4, 0.5) is 11.4 Å². The van der Waals surface area contributed by atoms with E-state index in [0.29, 0.717) is 6.54 Å². The van der Waals surface area contributed by atoms with Crippen molar-refractivity contribution in [2.45, 2.75) is 19.9 Å². The summed E-state index contributed by atoms with van der Waals surface area (Å²) in [7, 11) is 0. The highest BCUT2D eigenvalue weighted by Gasteiger charge is 2.19. The third-order valence-corrected chi connectivity index (χ3v) is 4.86. The molecule has 0 radical (unpaired) electrons. The molecule has 1 fully saturated rings. The Morgan fingerprint density at radius 1 is 1.04 bits per heavy atom. The van der Waals surface area contributed by atoms with Gasteiger partial charge in [0.2, 0.25) is 5.91 Å². The Labute approximate surface area is 155 Å². The Morgan fingerprint density at radius 2 is 1.77 bits per heavy atom. The van der Waals surface area contributed by atoms with E-state index in [2.05, 4.69) is 34.2 Å². The van der Waals surface area contributed by atoms with Gasteiger partial charge in [-0.2, -0.15) is 0 Å². The number of anilines is 2. The van der Waals surface area contributed by atoms with Crippen molar-refractivity contribution < 1.29 is 4.79 Å². The molecule has 0 unspecified atom stereocenters. The topological polar surface area (TPSA) is 61.6 Å². The molecule has 1 aliphatic heterocycles. The van der Waals surface area contributed by atoms with Crippen molar-refractivity contribution in [3.63, 3.8) is 0 Å². The van der Waals surface area contributed by atoms with Crippen molar-refractivity contribution in [2.24, 2.45) is 0 Å². The number of rotatable bonds is 6. The zero-order valence-corrected chi connectivity index (χ0v) is 15.4. The van der Waals surface area contributed by atoms with Crippen molar-refractivity contribution >= 4 is 17.3 Å². The monoisotopic (exact) mass is 352 g/mol. The van der Waals surface area contributed by atoms with Gasteiger partial charge in [-0.3, -0.25) is 14.6 Å². The maximum atomic E-state index is 12.4. The first kappa shape index (κ1) is 18.4. The largest absolute Gasteiger partial charge is 0.399 e. The molecule has 1 saturated heterocycles. The minimum atomic E-state index is 0.0650. The number of nitrogens with two attached hydrogens (primary N) is 1. The lowest BCUT2D eigenvalue weighted by molar-refractivity contribution is -0.117. The van der Waals surface area contributed by atoms with Gasteiger partial charge in [-0.1, -0.05) is 37.3 Å². The second kappa shape index (κ2) is 8.83. The smallest absolute Gasteiger partial charge is 0.238 e. The number of carbonyl (C=O) groups is 1. The molecule has 5 nitrogen and oxygen atoms in total. The fourth-order valence-corrected chi connectivity index (χ4v) is 3.40. The molecule has 5 heteroatoms. The summed E-state index contributed by atoms with van der Waals surface area (Å²) in [6.45, 7) is 7.21. The van der Waals surface area contributed by atoms with E-state index in [1.807, 2.05) is 36.4 Å². The van der Waals surface area contributed by atoms with Crippen LogP contribution in [0.1, 0.15) is 18.1 Å². The highest BCUT2D eigenvalue weighted by molar-refractivity contribution is 5.93. The highest BCUT2D eigenvalue weighted by atomic mass is 16.2. The first-order chi connectivity index (χ1) is 12.6. The van der Waals surface area contributed by atoms with Crippen LogP contribution in [0, 0.1) is 0 Å². The van der Waals surface area contributed by atoms with Crippen LogP contribution in [0.15, 0.2) is 48.5 Å². The zero-order chi connectivity index (χ0) is 18.4. The summed E-state index contributed by atoms with van der Waals surface area (Å²) >= 11 is 0. The lowest BCUT2D eigenvalue weighted by atomic mass is 10.1. The molecule has 0 aliphatic carbocycles. The van der Waals surface area contributed by atoms with E-state index in [1.54, 1.807) is 0 Å². The van der Waals surface area contributed by atoms with Crippen LogP contribution in [0.3, 0.4) is 0 Å². The molecule has 0 aromatic heterocycles. The molecule has 1 heterocycles. The van der Waals surface area contributed by atoms with Crippen molar-refractivity contribution in [3.05, 3.63) is 59.7 Å². The number of piperazine rings is 1. The SMILES string of the molecule is CCc1ccccc1NC(=O)CN1CCN(Cc2cccc(N)c2)CC1. The number of nitrogens with one attached hydrogen (secondary N) is 1. The molecule has 0 saturated carbocycles. The van der Waals surface area contributed by atoms with Crippen LogP contribution in [-0.4, -0.2) is 48.4 Å². The molecular formula is C21H28N4O. The summed E-state index contributed by atoms with van der Waals surface area (Å²) < 4.78 is 0. The van der Waals surface area contributed by atoms with Gasteiger partial charge < -0.3 is 11.1 Å². The van der Waals surface area contributed by atoms with E-state index in [9.17, 15) is 4.79 Å². The summed E-state index contributed by atoms with van der Waals surface area (Å²) in [5, 5.41) is 3.06. The van der Waals surface area contributed by atoms with Crippen LogP contribution in [0.5, 0.6) is 0 Å². The highest BCUT2D eigenvalue weighted by Crippen LogP contribution is 2.16. The van der Waals surface area contributed by atoms with Gasteiger partial charge in [0.25, 0.3) is 0 Å². The molecule has 26 heavy (non-hydrogen) atoms. The second-order valence-corrected chi connectivity index (χ2v) is 6.86. The van der Waals surface area contributed by atoms with Crippen molar-refractivity contribution in [1.29, 1.82) is 0 Å². The van der Waals surface area contributed by atoms with Crippen LogP contribution in [-0.2, 0) is 17.8 Å². The number of benzene rings is 2. The summed E-state index contributed by atoms with van der Waals surface area (Å²) in [6, 6.07) is 16.1. The van der Waals surface area contributed by atoms with Crippen LogP contribution >= 0.6 is 0 Å². The number of nitrogens with zero attached hydrogens (tertiary/aromatic N) is 2. The van der Waals surface area contributed by atoms with Gasteiger partial charge in [-0.25, -0.2) is 0 Å². The molecule has 0 atom stereocenters. The van der Waals surface area contributed by atoms with Gasteiger partial charge in [0.15, 0.2) is 0 Å². The lowest BCUT2D eigenvalue weighted by Crippen LogP contribution is -2.48. The molecule has 2 aromatic carbocycles. The normalized spacial score (nSPS) is 15.7. The van der Waals surface area contributed by atoms with E-state index < -0.39 is 0 Å². The van der Waals surface area contributed by atoms with Gasteiger partial charge in [0, 0.05) is 44.1 Å². The minimum absolute atomic E-state index is 0.0650. The van der Waals surface area contributed by atoms with Gasteiger partial charge in [-0.05, 0) is 35.7 Å². The summed E-state index contributed by atoms with van der Waals surface area (Å²) in [5.74, 6) is 0.0650. The Bertz CT molecular complexity index is 738. The molecule has 1 amide bonds. The van der Waals surface area contributed by atoms with Gasteiger partial charge in [0.05, 0.1) is 6.54 Å². The third kappa shape index (κ3) is 5.07. The molecular weight excluding hydrogens is 324 g/mol. The molecule has 0 spiro atoms.